The first-order valence-electron chi connectivity index (χ1n) is 5.31. The third kappa shape index (κ3) is 3.02. The van der Waals surface area contributed by atoms with Crippen molar-refractivity contribution in [3.05, 3.63) is 44.0 Å². The van der Waals surface area contributed by atoms with Crippen LogP contribution in [0.1, 0.15) is 15.6 Å². The van der Waals surface area contributed by atoms with Gasteiger partial charge < -0.3 is 5.32 Å². The summed E-state index contributed by atoms with van der Waals surface area (Å²) < 4.78 is 0. The molecule has 2 aromatic rings. The van der Waals surface area contributed by atoms with E-state index in [4.69, 9.17) is 5.26 Å². The monoisotopic (exact) mass is 275 g/mol. The number of nitro groups is 1. The summed E-state index contributed by atoms with van der Waals surface area (Å²) >= 11 is 1.55. The van der Waals surface area contributed by atoms with Crippen LogP contribution < -0.4 is 5.32 Å². The molecular formula is C11H9N5O2S. The summed E-state index contributed by atoms with van der Waals surface area (Å²) in [4.78, 5) is 19.2. The number of pyridine rings is 1. The quantitative estimate of drug-likeness (QED) is 0.677. The fourth-order valence-corrected chi connectivity index (χ4v) is 2.16. The summed E-state index contributed by atoms with van der Waals surface area (Å²) in [6.07, 6.45) is 1.77. The van der Waals surface area contributed by atoms with Crippen LogP contribution in [0.3, 0.4) is 0 Å². The number of thiazole rings is 1. The molecule has 2 aromatic heterocycles. The van der Waals surface area contributed by atoms with Crippen LogP contribution in [0.4, 0.5) is 11.5 Å². The number of nitrogens with zero attached hydrogens (tertiary/aromatic N) is 4. The summed E-state index contributed by atoms with van der Waals surface area (Å²) in [6.45, 7) is 2.42. The van der Waals surface area contributed by atoms with Gasteiger partial charge in [0.05, 0.1) is 11.5 Å². The second-order valence-corrected chi connectivity index (χ2v) is 4.97. The van der Waals surface area contributed by atoms with E-state index in [0.29, 0.717) is 12.4 Å². The lowest BCUT2D eigenvalue weighted by Gasteiger charge is -2.03. The zero-order valence-electron chi connectivity index (χ0n) is 9.95. The Morgan fingerprint density at radius 2 is 2.37 bits per heavy atom. The number of aromatic nitrogens is 2. The molecule has 0 aromatic carbocycles. The fraction of sp³-hybridized carbons (Fsp3) is 0.182. The highest BCUT2D eigenvalue weighted by atomic mass is 32.1. The summed E-state index contributed by atoms with van der Waals surface area (Å²) in [5.41, 5.74) is -0.497. The summed E-state index contributed by atoms with van der Waals surface area (Å²) in [7, 11) is 0. The normalized spacial score (nSPS) is 9.89. The Hall–Kier alpha value is -2.53. The first-order valence-corrected chi connectivity index (χ1v) is 6.12. The molecule has 0 aliphatic heterocycles. The average molecular weight is 275 g/mol. The zero-order chi connectivity index (χ0) is 13.8. The van der Waals surface area contributed by atoms with Crippen LogP contribution >= 0.6 is 11.3 Å². The molecule has 0 radical (unpaired) electrons. The number of nitriles is 1. The molecule has 0 spiro atoms. The highest BCUT2D eigenvalue weighted by molar-refractivity contribution is 7.11. The molecule has 0 bridgehead atoms. The van der Waals surface area contributed by atoms with Crippen molar-refractivity contribution in [1.29, 1.82) is 5.26 Å². The van der Waals surface area contributed by atoms with Gasteiger partial charge in [0.1, 0.15) is 16.9 Å². The molecule has 2 heterocycles. The minimum Gasteiger partial charge on any atom is -0.364 e. The number of hydrogen-bond acceptors (Lipinski definition) is 7. The van der Waals surface area contributed by atoms with E-state index in [0.717, 1.165) is 9.88 Å². The maximum Gasteiger partial charge on any atom is 0.305 e. The molecule has 0 aliphatic carbocycles. The molecule has 96 valence electrons. The molecule has 19 heavy (non-hydrogen) atoms. The first kappa shape index (κ1) is 12.9. The van der Waals surface area contributed by atoms with Crippen molar-refractivity contribution < 1.29 is 4.92 Å². The molecular weight excluding hydrogens is 266 g/mol. The Balaban J connectivity index is 2.14. The van der Waals surface area contributed by atoms with Crippen molar-refractivity contribution in [2.24, 2.45) is 0 Å². The molecule has 0 saturated heterocycles. The van der Waals surface area contributed by atoms with Crippen LogP contribution in [0.15, 0.2) is 18.3 Å². The predicted molar refractivity (Wildman–Crippen MR) is 69.8 cm³/mol. The molecule has 0 fully saturated rings. The van der Waals surface area contributed by atoms with Crippen molar-refractivity contribution in [2.45, 2.75) is 13.5 Å². The van der Waals surface area contributed by atoms with E-state index in [1.54, 1.807) is 23.6 Å². The number of rotatable bonds is 4. The highest BCUT2D eigenvalue weighted by Crippen LogP contribution is 2.19. The molecule has 0 amide bonds. The molecule has 2 rings (SSSR count). The van der Waals surface area contributed by atoms with Crippen molar-refractivity contribution in [1.82, 2.24) is 9.97 Å². The largest absolute Gasteiger partial charge is 0.364 e. The average Bonchev–Trinajstić information content (AvgIpc) is 2.81. The van der Waals surface area contributed by atoms with Crippen LogP contribution in [0.2, 0.25) is 0 Å². The summed E-state index contributed by atoms with van der Waals surface area (Å²) in [5.74, 6) is 0.412. The predicted octanol–water partition coefficient (Wildman–Crippen LogP) is 2.24. The van der Waals surface area contributed by atoms with Crippen molar-refractivity contribution in [3.63, 3.8) is 0 Å². The molecule has 1 N–H and O–H groups in total. The third-order valence-electron chi connectivity index (χ3n) is 2.27. The second kappa shape index (κ2) is 5.41. The Kier molecular flexibility index (Phi) is 3.68. The van der Waals surface area contributed by atoms with E-state index in [-0.39, 0.29) is 11.4 Å². The van der Waals surface area contributed by atoms with Crippen molar-refractivity contribution in [2.75, 3.05) is 5.32 Å². The van der Waals surface area contributed by atoms with E-state index in [1.165, 1.54) is 12.1 Å². The smallest absolute Gasteiger partial charge is 0.305 e. The highest BCUT2D eigenvalue weighted by Gasteiger charge is 2.15. The van der Waals surface area contributed by atoms with Crippen LogP contribution in [0.5, 0.6) is 0 Å². The van der Waals surface area contributed by atoms with Gasteiger partial charge in [-0.1, -0.05) is 0 Å². The van der Waals surface area contributed by atoms with Crippen LogP contribution in [0, 0.1) is 28.4 Å². The molecule has 7 nitrogen and oxygen atoms in total. The zero-order valence-corrected chi connectivity index (χ0v) is 10.8. The lowest BCUT2D eigenvalue weighted by molar-refractivity contribution is -0.385. The summed E-state index contributed by atoms with van der Waals surface area (Å²) in [6, 6.07) is 4.45. The minimum atomic E-state index is -0.625. The Bertz CT molecular complexity index is 661. The maximum absolute atomic E-state index is 10.7. The van der Waals surface area contributed by atoms with Gasteiger partial charge in [-0.05, 0) is 13.0 Å². The van der Waals surface area contributed by atoms with Crippen molar-refractivity contribution in [3.8, 4) is 6.07 Å². The number of hydrogen-bond donors (Lipinski definition) is 1. The number of nitrogens with one attached hydrogen (secondary N) is 1. The standard InChI is InChI=1S/C11H9N5O2S/c1-7-5-14-11(19-7)6-13-10-3-2-9(16(17)18)8(4-12)15-10/h2-3,5H,6H2,1H3,(H,13,15). The molecule has 8 heteroatoms. The maximum atomic E-state index is 10.7. The minimum absolute atomic E-state index is 0.203. The van der Waals surface area contributed by atoms with E-state index < -0.39 is 4.92 Å². The van der Waals surface area contributed by atoms with Gasteiger partial charge in [0, 0.05) is 17.1 Å². The van der Waals surface area contributed by atoms with Gasteiger partial charge in [-0.25, -0.2) is 9.97 Å². The lowest BCUT2D eigenvalue weighted by Crippen LogP contribution is -2.03. The Morgan fingerprint density at radius 1 is 1.58 bits per heavy atom. The molecule has 0 aliphatic rings. The van der Waals surface area contributed by atoms with Gasteiger partial charge >= 0.3 is 5.69 Å². The van der Waals surface area contributed by atoms with Gasteiger partial charge in [0.25, 0.3) is 0 Å². The Morgan fingerprint density at radius 3 is 2.95 bits per heavy atom. The van der Waals surface area contributed by atoms with Crippen LogP contribution in [-0.4, -0.2) is 14.9 Å². The van der Waals surface area contributed by atoms with Crippen molar-refractivity contribution >= 4 is 22.8 Å². The number of aryl methyl sites for hydroxylation is 1. The van der Waals surface area contributed by atoms with E-state index in [2.05, 4.69) is 15.3 Å². The van der Waals surface area contributed by atoms with E-state index in [9.17, 15) is 10.1 Å². The lowest BCUT2D eigenvalue weighted by atomic mass is 10.3. The Labute approximate surface area is 112 Å². The topological polar surface area (TPSA) is 105 Å². The fourth-order valence-electron chi connectivity index (χ4n) is 1.43. The van der Waals surface area contributed by atoms with E-state index in [1.807, 2.05) is 6.92 Å². The molecule has 0 unspecified atom stereocenters. The molecule has 0 atom stereocenters. The van der Waals surface area contributed by atoms with Gasteiger partial charge in [-0.15, -0.1) is 11.3 Å². The van der Waals surface area contributed by atoms with Gasteiger partial charge in [0.15, 0.2) is 0 Å². The number of anilines is 1. The molecule has 0 saturated carbocycles. The van der Waals surface area contributed by atoms with Gasteiger partial charge in [-0.3, -0.25) is 10.1 Å². The van der Waals surface area contributed by atoms with Crippen LogP contribution in [0.25, 0.3) is 0 Å². The van der Waals surface area contributed by atoms with Crippen LogP contribution in [-0.2, 0) is 6.54 Å². The second-order valence-electron chi connectivity index (χ2n) is 3.65. The van der Waals surface area contributed by atoms with Gasteiger partial charge in [-0.2, -0.15) is 5.26 Å². The third-order valence-corrected chi connectivity index (χ3v) is 3.18. The van der Waals surface area contributed by atoms with E-state index >= 15 is 0 Å². The van der Waals surface area contributed by atoms with Gasteiger partial charge in [0.2, 0.25) is 5.69 Å². The summed E-state index contributed by atoms with van der Waals surface area (Å²) in [5, 5.41) is 23.3. The first-order chi connectivity index (χ1) is 9.10. The SMILES string of the molecule is Cc1cnc(CNc2ccc([N+](=O)[O-])c(C#N)n2)s1.